The maximum atomic E-state index is 11.7. The van der Waals surface area contributed by atoms with Crippen molar-refractivity contribution in [2.24, 2.45) is 0 Å². The summed E-state index contributed by atoms with van der Waals surface area (Å²) >= 11 is 0. The summed E-state index contributed by atoms with van der Waals surface area (Å²) in [6.45, 7) is 0. The molecule has 0 aliphatic heterocycles. The van der Waals surface area contributed by atoms with Gasteiger partial charge in [0.2, 0.25) is 0 Å². The summed E-state index contributed by atoms with van der Waals surface area (Å²) in [4.78, 5) is 23.4. The predicted molar refractivity (Wildman–Crippen MR) is 98.5 cm³/mol. The van der Waals surface area contributed by atoms with Gasteiger partial charge in [-0.15, -0.1) is 0 Å². The molecule has 2 nitrogen and oxygen atoms in total. The van der Waals surface area contributed by atoms with Crippen molar-refractivity contribution in [1.29, 1.82) is 0 Å². The Balaban J connectivity index is 1.94. The molecule has 2 aromatic carbocycles. The Labute approximate surface area is 139 Å². The molecule has 23 heavy (non-hydrogen) atoms. The first kappa shape index (κ1) is 16.6. The molecule has 3 rings (SSSR count). The molecule has 1 aliphatic rings. The van der Waals surface area contributed by atoms with E-state index in [1.54, 1.807) is 0 Å². The molecule has 2 aromatic rings. The molecule has 0 spiro atoms. The minimum absolute atomic E-state index is 0.0511. The summed E-state index contributed by atoms with van der Waals surface area (Å²) in [6, 6.07) is 19.9. The zero-order chi connectivity index (χ0) is 16.2. The van der Waals surface area contributed by atoms with Crippen molar-refractivity contribution in [1.82, 2.24) is 0 Å². The second-order valence-corrected chi connectivity index (χ2v) is 11.4. The molecule has 0 radical (unpaired) electrons. The van der Waals surface area contributed by atoms with Crippen LogP contribution >= 0.6 is 7.06 Å². The molecular weight excluding hydrogens is 303 g/mol. The van der Waals surface area contributed by atoms with Gasteiger partial charge in [0.1, 0.15) is 0 Å². The third-order valence-electron chi connectivity index (χ3n) is 5.16. The third kappa shape index (κ3) is 4.01. The molecule has 2 N–H and O–H groups in total. The Kier molecular flexibility index (Phi) is 4.87. The molecule has 0 saturated heterocycles. The number of rotatable bonds is 5. The predicted octanol–water partition coefficient (Wildman–Crippen LogP) is 5.09. The Morgan fingerprint density at radius 2 is 1.13 bits per heavy atom. The van der Waals surface area contributed by atoms with Crippen LogP contribution in [0.5, 0.6) is 0 Å². The van der Waals surface area contributed by atoms with E-state index in [0.717, 1.165) is 36.8 Å². The molecule has 0 heterocycles. The molecule has 0 aromatic heterocycles. The van der Waals surface area contributed by atoms with Gasteiger partial charge in [-0.1, -0.05) is 0 Å². The van der Waals surface area contributed by atoms with Gasteiger partial charge < -0.3 is 0 Å². The first-order chi connectivity index (χ1) is 11.1. The van der Waals surface area contributed by atoms with Crippen molar-refractivity contribution in [3.63, 3.8) is 0 Å². The van der Waals surface area contributed by atoms with Gasteiger partial charge in [-0.25, -0.2) is 0 Å². The Hall–Kier alpha value is -1.21. The molecule has 1 saturated carbocycles. The molecule has 0 amide bonds. The molecule has 1 aliphatic carbocycles. The van der Waals surface area contributed by atoms with Crippen molar-refractivity contribution in [2.45, 2.75) is 50.1 Å². The van der Waals surface area contributed by atoms with E-state index in [-0.39, 0.29) is 5.66 Å². The van der Waals surface area contributed by atoms with E-state index in [2.05, 4.69) is 0 Å². The monoisotopic (exact) mass is 330 g/mol. The van der Waals surface area contributed by atoms with E-state index in [0.29, 0.717) is 12.3 Å². The van der Waals surface area contributed by atoms with Crippen LogP contribution in [0.1, 0.15) is 43.2 Å². The van der Waals surface area contributed by atoms with Crippen LogP contribution in [0.25, 0.3) is 0 Å². The average molecular weight is 330 g/mol. The molecule has 3 heteroatoms. The summed E-state index contributed by atoms with van der Waals surface area (Å²) in [5.74, 6) is 0. The number of hydrogen-bond donors (Lipinski definition) is 2. The van der Waals surface area contributed by atoms with Crippen molar-refractivity contribution in [3.05, 3.63) is 71.8 Å². The molecule has 0 atom stereocenters. The SMILES string of the molecule is OP(O)(Cc1ccccc1)(Cc1ccccc1)C1CCCCC1. The summed E-state index contributed by atoms with van der Waals surface area (Å²) < 4.78 is 0. The van der Waals surface area contributed by atoms with Crippen molar-refractivity contribution in [2.75, 3.05) is 0 Å². The fraction of sp³-hybridized carbons (Fsp3) is 0.400. The van der Waals surface area contributed by atoms with Crippen molar-refractivity contribution in [3.8, 4) is 0 Å². The van der Waals surface area contributed by atoms with E-state index in [4.69, 9.17) is 0 Å². The first-order valence-electron chi connectivity index (χ1n) is 8.64. The van der Waals surface area contributed by atoms with Crippen LogP contribution < -0.4 is 0 Å². The topological polar surface area (TPSA) is 40.5 Å². The summed E-state index contributed by atoms with van der Waals surface area (Å²) in [6.07, 6.45) is 6.17. The molecule has 0 bridgehead atoms. The molecule has 124 valence electrons. The molecule has 0 unspecified atom stereocenters. The van der Waals surface area contributed by atoms with Crippen LogP contribution in [0.2, 0.25) is 0 Å². The number of benzene rings is 2. The average Bonchev–Trinajstić information content (AvgIpc) is 2.57. The summed E-state index contributed by atoms with van der Waals surface area (Å²) in [5, 5.41) is 0. The number of hydrogen-bond acceptors (Lipinski definition) is 2. The van der Waals surface area contributed by atoms with Gasteiger partial charge in [-0.05, 0) is 0 Å². The summed E-state index contributed by atoms with van der Waals surface area (Å²) in [5.41, 5.74) is 2.13. The van der Waals surface area contributed by atoms with Crippen LogP contribution in [0, 0.1) is 0 Å². The third-order valence-corrected chi connectivity index (χ3v) is 9.47. The normalized spacial score (nSPS) is 18.3. The summed E-state index contributed by atoms with van der Waals surface area (Å²) in [7, 11) is -3.82. The van der Waals surface area contributed by atoms with Crippen LogP contribution in [0.4, 0.5) is 0 Å². The maximum absolute atomic E-state index is 11.7. The second-order valence-electron chi connectivity index (χ2n) is 7.05. The van der Waals surface area contributed by atoms with Crippen molar-refractivity contribution < 1.29 is 9.79 Å². The van der Waals surface area contributed by atoms with E-state index in [1.165, 1.54) is 6.42 Å². The van der Waals surface area contributed by atoms with Crippen LogP contribution in [0.15, 0.2) is 60.7 Å². The Morgan fingerprint density at radius 3 is 1.57 bits per heavy atom. The van der Waals surface area contributed by atoms with E-state index >= 15 is 0 Å². The minimum atomic E-state index is -3.82. The zero-order valence-electron chi connectivity index (χ0n) is 13.6. The fourth-order valence-corrected chi connectivity index (χ4v) is 8.15. The van der Waals surface area contributed by atoms with Crippen LogP contribution in [0.3, 0.4) is 0 Å². The van der Waals surface area contributed by atoms with Crippen molar-refractivity contribution >= 4 is 7.06 Å². The van der Waals surface area contributed by atoms with E-state index < -0.39 is 7.06 Å². The van der Waals surface area contributed by atoms with Crippen LogP contribution in [-0.2, 0) is 12.3 Å². The van der Waals surface area contributed by atoms with Gasteiger partial charge in [0.05, 0.1) is 0 Å². The van der Waals surface area contributed by atoms with Crippen LogP contribution in [-0.4, -0.2) is 15.4 Å². The quantitative estimate of drug-likeness (QED) is 0.750. The van der Waals surface area contributed by atoms with Gasteiger partial charge in [-0.2, -0.15) is 0 Å². The molecule has 1 fully saturated rings. The molecular formula is C20H27O2P. The van der Waals surface area contributed by atoms with Gasteiger partial charge >= 0.3 is 139 Å². The Morgan fingerprint density at radius 1 is 0.696 bits per heavy atom. The van der Waals surface area contributed by atoms with E-state index in [9.17, 15) is 9.79 Å². The zero-order valence-corrected chi connectivity index (χ0v) is 14.5. The van der Waals surface area contributed by atoms with Gasteiger partial charge in [0, 0.05) is 0 Å². The second kappa shape index (κ2) is 6.73. The Bertz CT molecular complexity index is 573. The van der Waals surface area contributed by atoms with Gasteiger partial charge in [0.25, 0.3) is 0 Å². The van der Waals surface area contributed by atoms with E-state index in [1.807, 2.05) is 60.7 Å². The first-order valence-corrected chi connectivity index (χ1v) is 11.2. The standard InChI is InChI=1S/C20H27O2P/c21-23(22,20-14-8-3-9-15-20,16-18-10-4-1-5-11-18)17-19-12-6-2-7-13-19/h1-2,4-7,10-13,20-22H,3,8-9,14-17H2. The fourth-order valence-electron chi connectivity index (χ4n) is 3.95. The van der Waals surface area contributed by atoms with Gasteiger partial charge in [-0.3, -0.25) is 0 Å². The van der Waals surface area contributed by atoms with Gasteiger partial charge in [0.15, 0.2) is 0 Å².